The van der Waals surface area contributed by atoms with Crippen LogP contribution in [0.15, 0.2) is 41.0 Å². The van der Waals surface area contributed by atoms with E-state index in [1.54, 1.807) is 33.8 Å². The van der Waals surface area contributed by atoms with E-state index in [0.29, 0.717) is 30.3 Å². The summed E-state index contributed by atoms with van der Waals surface area (Å²) in [4.78, 5) is 12.8. The van der Waals surface area contributed by atoms with E-state index in [1.165, 1.54) is 12.1 Å². The van der Waals surface area contributed by atoms with E-state index >= 15 is 0 Å². The Morgan fingerprint density at radius 1 is 0.969 bits per heavy atom. The quantitative estimate of drug-likeness (QED) is 0.430. The lowest BCUT2D eigenvalue weighted by molar-refractivity contribution is 0.102. The zero-order chi connectivity index (χ0) is 23.0. The van der Waals surface area contributed by atoms with Gasteiger partial charge in [-0.05, 0) is 67.4 Å². The molecule has 8 nitrogen and oxygen atoms in total. The third-order valence-corrected chi connectivity index (χ3v) is 6.46. The Hall–Kier alpha value is -3.27. The molecular weight excluding hydrogens is 477 g/mol. The van der Waals surface area contributed by atoms with Crippen LogP contribution >= 0.6 is 15.9 Å². The number of carbonyl (C=O) groups excluding carboxylic acids is 1. The SMILES string of the molecule is Cc1nn(Cn2ccc(C(=O)Nc3c(C)nn(Cc4ccc(F)cc4)c3C)n2)c(C)c1Br. The molecule has 0 atom stereocenters. The molecule has 1 aromatic carbocycles. The number of aromatic nitrogens is 6. The minimum absolute atomic E-state index is 0.278. The van der Waals surface area contributed by atoms with Crippen molar-refractivity contribution in [1.29, 1.82) is 0 Å². The van der Waals surface area contributed by atoms with Crippen molar-refractivity contribution < 1.29 is 9.18 Å². The number of aryl methyl sites for hydroxylation is 2. The van der Waals surface area contributed by atoms with E-state index in [2.05, 4.69) is 36.5 Å². The van der Waals surface area contributed by atoms with Crippen LogP contribution in [-0.2, 0) is 13.2 Å². The van der Waals surface area contributed by atoms with Crippen LogP contribution in [0.4, 0.5) is 10.1 Å². The molecule has 1 N–H and O–H groups in total. The van der Waals surface area contributed by atoms with Crippen molar-refractivity contribution in [3.05, 3.63) is 80.9 Å². The average molecular weight is 500 g/mol. The molecule has 0 aliphatic carbocycles. The number of rotatable bonds is 6. The molecule has 0 aliphatic heterocycles. The number of halogens is 2. The maximum Gasteiger partial charge on any atom is 0.276 e. The first-order valence-corrected chi connectivity index (χ1v) is 10.8. The number of benzene rings is 1. The fourth-order valence-electron chi connectivity index (χ4n) is 3.48. The summed E-state index contributed by atoms with van der Waals surface area (Å²) < 4.78 is 19.4. The van der Waals surface area contributed by atoms with Crippen LogP contribution in [0, 0.1) is 33.5 Å². The summed E-state index contributed by atoms with van der Waals surface area (Å²) in [5.41, 5.74) is 5.27. The van der Waals surface area contributed by atoms with Gasteiger partial charge in [0, 0.05) is 6.20 Å². The van der Waals surface area contributed by atoms with Crippen LogP contribution in [0.25, 0.3) is 0 Å². The van der Waals surface area contributed by atoms with Gasteiger partial charge in [-0.3, -0.25) is 14.2 Å². The van der Waals surface area contributed by atoms with Crippen molar-refractivity contribution in [1.82, 2.24) is 29.3 Å². The molecule has 0 saturated carbocycles. The number of amides is 1. The largest absolute Gasteiger partial charge is 0.317 e. The summed E-state index contributed by atoms with van der Waals surface area (Å²) in [5.74, 6) is -0.592. The molecule has 3 aromatic heterocycles. The van der Waals surface area contributed by atoms with E-state index in [4.69, 9.17) is 0 Å². The van der Waals surface area contributed by atoms with Gasteiger partial charge in [-0.1, -0.05) is 12.1 Å². The molecule has 0 radical (unpaired) electrons. The third kappa shape index (κ3) is 4.36. The monoisotopic (exact) mass is 499 g/mol. The second-order valence-electron chi connectivity index (χ2n) is 7.65. The molecule has 0 unspecified atom stereocenters. The number of nitrogens with one attached hydrogen (secondary N) is 1. The number of carbonyl (C=O) groups is 1. The van der Waals surface area contributed by atoms with E-state index in [0.717, 1.165) is 27.1 Å². The van der Waals surface area contributed by atoms with Gasteiger partial charge in [0.1, 0.15) is 12.5 Å². The normalized spacial score (nSPS) is 11.2. The molecular formula is C22H23BrFN7O. The molecule has 0 spiro atoms. The molecule has 0 bridgehead atoms. The molecule has 0 fully saturated rings. The van der Waals surface area contributed by atoms with E-state index in [-0.39, 0.29) is 11.7 Å². The Morgan fingerprint density at radius 2 is 1.66 bits per heavy atom. The summed E-state index contributed by atoms with van der Waals surface area (Å²) in [6, 6.07) is 7.95. The molecule has 10 heteroatoms. The summed E-state index contributed by atoms with van der Waals surface area (Å²) >= 11 is 3.52. The van der Waals surface area contributed by atoms with Gasteiger partial charge in [-0.2, -0.15) is 15.3 Å². The number of nitrogens with zero attached hydrogens (tertiary/aromatic N) is 6. The van der Waals surface area contributed by atoms with Gasteiger partial charge in [-0.15, -0.1) is 0 Å². The predicted octanol–water partition coefficient (Wildman–Crippen LogP) is 4.22. The first-order chi connectivity index (χ1) is 15.2. The highest BCUT2D eigenvalue weighted by Crippen LogP contribution is 2.22. The standard InChI is InChI=1S/C22H23BrFN7O/c1-13-20(23)15(3)31(26-13)12-29-10-9-19(28-29)22(32)25-21-14(2)27-30(16(21)4)11-17-5-7-18(24)8-6-17/h5-10H,11-12H2,1-4H3,(H,25,32). The Morgan fingerprint density at radius 3 is 2.31 bits per heavy atom. The lowest BCUT2D eigenvalue weighted by Gasteiger charge is -2.07. The molecule has 166 valence electrons. The third-order valence-electron chi connectivity index (χ3n) is 5.31. The maximum atomic E-state index is 13.2. The fraction of sp³-hybridized carbons (Fsp3) is 0.273. The van der Waals surface area contributed by atoms with Crippen LogP contribution in [0.1, 0.15) is 38.8 Å². The first-order valence-electron chi connectivity index (χ1n) is 10.1. The van der Waals surface area contributed by atoms with Crippen molar-refractivity contribution in [2.75, 3.05) is 5.32 Å². The van der Waals surface area contributed by atoms with Gasteiger partial charge in [0.2, 0.25) is 0 Å². The second kappa shape index (κ2) is 8.70. The molecule has 3 heterocycles. The molecule has 0 saturated heterocycles. The maximum absolute atomic E-state index is 13.2. The fourth-order valence-corrected chi connectivity index (χ4v) is 3.77. The molecule has 32 heavy (non-hydrogen) atoms. The summed E-state index contributed by atoms with van der Waals surface area (Å²) in [7, 11) is 0. The van der Waals surface area contributed by atoms with Gasteiger partial charge < -0.3 is 5.32 Å². The Kier molecular flexibility index (Phi) is 5.96. The summed E-state index contributed by atoms with van der Waals surface area (Å²) in [5, 5.41) is 16.3. The highest BCUT2D eigenvalue weighted by atomic mass is 79.9. The van der Waals surface area contributed by atoms with Crippen LogP contribution in [0.5, 0.6) is 0 Å². The lowest BCUT2D eigenvalue weighted by Crippen LogP contribution is -2.16. The van der Waals surface area contributed by atoms with E-state index in [9.17, 15) is 9.18 Å². The highest BCUT2D eigenvalue weighted by molar-refractivity contribution is 9.10. The predicted molar refractivity (Wildman–Crippen MR) is 122 cm³/mol. The van der Waals surface area contributed by atoms with Crippen LogP contribution in [-0.4, -0.2) is 35.2 Å². The van der Waals surface area contributed by atoms with Gasteiger partial charge in [-0.25, -0.2) is 9.07 Å². The molecule has 4 aromatic rings. The Balaban J connectivity index is 1.48. The average Bonchev–Trinajstić information content (AvgIpc) is 3.40. The van der Waals surface area contributed by atoms with Crippen LogP contribution < -0.4 is 5.32 Å². The minimum atomic E-state index is -0.314. The van der Waals surface area contributed by atoms with Crippen molar-refractivity contribution in [2.45, 2.75) is 40.9 Å². The molecule has 1 amide bonds. The topological polar surface area (TPSA) is 82.6 Å². The van der Waals surface area contributed by atoms with Gasteiger partial charge in [0.25, 0.3) is 5.91 Å². The molecule has 4 rings (SSSR count). The van der Waals surface area contributed by atoms with E-state index in [1.807, 2.05) is 32.4 Å². The smallest absolute Gasteiger partial charge is 0.276 e. The second-order valence-corrected chi connectivity index (χ2v) is 8.44. The van der Waals surface area contributed by atoms with Crippen molar-refractivity contribution in [3.63, 3.8) is 0 Å². The van der Waals surface area contributed by atoms with Gasteiger partial charge in [0.05, 0.1) is 39.5 Å². The number of hydrogen-bond acceptors (Lipinski definition) is 4. The van der Waals surface area contributed by atoms with Crippen molar-refractivity contribution in [3.8, 4) is 0 Å². The number of hydrogen-bond donors (Lipinski definition) is 1. The Labute approximate surface area is 193 Å². The Bertz CT molecular complexity index is 1290. The summed E-state index contributed by atoms with van der Waals surface area (Å²) in [6.45, 7) is 8.50. The van der Waals surface area contributed by atoms with Crippen LogP contribution in [0.2, 0.25) is 0 Å². The van der Waals surface area contributed by atoms with E-state index < -0.39 is 0 Å². The zero-order valence-corrected chi connectivity index (χ0v) is 19.8. The van der Waals surface area contributed by atoms with Gasteiger partial charge >= 0.3 is 0 Å². The zero-order valence-electron chi connectivity index (χ0n) is 18.2. The van der Waals surface area contributed by atoms with Gasteiger partial charge in [0.15, 0.2) is 5.69 Å². The first kappa shape index (κ1) is 21.9. The lowest BCUT2D eigenvalue weighted by atomic mass is 10.2. The summed E-state index contributed by atoms with van der Waals surface area (Å²) in [6.07, 6.45) is 1.75. The molecule has 0 aliphatic rings. The minimum Gasteiger partial charge on any atom is -0.317 e. The van der Waals surface area contributed by atoms with Crippen molar-refractivity contribution in [2.24, 2.45) is 0 Å². The number of anilines is 1. The van der Waals surface area contributed by atoms with Crippen molar-refractivity contribution >= 4 is 27.5 Å². The van der Waals surface area contributed by atoms with Crippen LogP contribution in [0.3, 0.4) is 0 Å². The highest BCUT2D eigenvalue weighted by Gasteiger charge is 2.18.